The zero-order valence-electron chi connectivity index (χ0n) is 10.6. The van der Waals surface area contributed by atoms with Crippen LogP contribution in [0, 0.1) is 5.82 Å². The van der Waals surface area contributed by atoms with Crippen molar-refractivity contribution in [2.24, 2.45) is 0 Å². The second kappa shape index (κ2) is 6.08. The van der Waals surface area contributed by atoms with Gasteiger partial charge >= 0.3 is 0 Å². The standard InChI is InChI=1S/C13H15FN4O/c1-2-10(8-18-6-5-16-9-18)17-13(19)11-3-4-15-7-12(11)14/h3-7,9-10H,2,8H2,1H3,(H,17,19). The Bertz CT molecular complexity index is 541. The number of imidazole rings is 1. The SMILES string of the molecule is CCC(Cn1ccnc1)NC(=O)c1ccncc1F. The summed E-state index contributed by atoms with van der Waals surface area (Å²) >= 11 is 0. The number of amides is 1. The first-order valence-corrected chi connectivity index (χ1v) is 6.06. The number of halogens is 1. The van der Waals surface area contributed by atoms with Gasteiger partial charge in [-0.15, -0.1) is 0 Å². The van der Waals surface area contributed by atoms with Crippen LogP contribution < -0.4 is 5.32 Å². The zero-order valence-corrected chi connectivity index (χ0v) is 10.6. The summed E-state index contributed by atoms with van der Waals surface area (Å²) in [5.74, 6) is -1.04. The fourth-order valence-corrected chi connectivity index (χ4v) is 1.75. The summed E-state index contributed by atoms with van der Waals surface area (Å²) in [5, 5.41) is 2.81. The van der Waals surface area contributed by atoms with Gasteiger partial charge in [0.1, 0.15) is 0 Å². The Morgan fingerprint density at radius 1 is 1.47 bits per heavy atom. The van der Waals surface area contributed by atoms with Gasteiger partial charge in [0.2, 0.25) is 0 Å². The summed E-state index contributed by atoms with van der Waals surface area (Å²) in [6, 6.07) is 1.29. The van der Waals surface area contributed by atoms with Crippen molar-refractivity contribution < 1.29 is 9.18 Å². The van der Waals surface area contributed by atoms with Gasteiger partial charge in [-0.2, -0.15) is 0 Å². The highest BCUT2D eigenvalue weighted by atomic mass is 19.1. The minimum absolute atomic E-state index is 0.0130. The number of pyridine rings is 1. The van der Waals surface area contributed by atoms with E-state index < -0.39 is 11.7 Å². The first-order chi connectivity index (χ1) is 9.20. The van der Waals surface area contributed by atoms with Crippen LogP contribution in [-0.2, 0) is 6.54 Å². The van der Waals surface area contributed by atoms with Crippen molar-refractivity contribution in [2.45, 2.75) is 25.9 Å². The number of rotatable bonds is 5. The number of hydrogen-bond acceptors (Lipinski definition) is 3. The summed E-state index contributed by atoms with van der Waals surface area (Å²) in [6.07, 6.45) is 8.36. The third-order valence-electron chi connectivity index (χ3n) is 2.84. The molecule has 1 N–H and O–H groups in total. The molecule has 0 aliphatic carbocycles. The van der Waals surface area contributed by atoms with E-state index in [4.69, 9.17) is 0 Å². The topological polar surface area (TPSA) is 59.8 Å². The monoisotopic (exact) mass is 262 g/mol. The van der Waals surface area contributed by atoms with Crippen LogP contribution in [0.4, 0.5) is 4.39 Å². The number of hydrogen-bond donors (Lipinski definition) is 1. The number of carbonyl (C=O) groups excluding carboxylic acids is 1. The van der Waals surface area contributed by atoms with Gasteiger partial charge in [-0.05, 0) is 12.5 Å². The van der Waals surface area contributed by atoms with Gasteiger partial charge in [-0.25, -0.2) is 9.37 Å². The van der Waals surface area contributed by atoms with Crippen LogP contribution in [0.15, 0.2) is 37.2 Å². The molecule has 0 radical (unpaired) electrons. The fraction of sp³-hybridized carbons (Fsp3) is 0.308. The second-order valence-electron chi connectivity index (χ2n) is 4.19. The van der Waals surface area contributed by atoms with Gasteiger partial charge < -0.3 is 9.88 Å². The lowest BCUT2D eigenvalue weighted by Crippen LogP contribution is -2.37. The van der Waals surface area contributed by atoms with Crippen molar-refractivity contribution in [1.29, 1.82) is 0 Å². The molecule has 1 atom stereocenters. The molecule has 0 spiro atoms. The van der Waals surface area contributed by atoms with Crippen LogP contribution in [0.2, 0.25) is 0 Å². The summed E-state index contributed by atoms with van der Waals surface area (Å²) in [5.41, 5.74) is 0.0130. The van der Waals surface area contributed by atoms with Crippen LogP contribution in [0.5, 0.6) is 0 Å². The molecular weight excluding hydrogens is 247 g/mol. The number of nitrogens with one attached hydrogen (secondary N) is 1. The van der Waals surface area contributed by atoms with E-state index in [2.05, 4.69) is 15.3 Å². The van der Waals surface area contributed by atoms with Gasteiger partial charge in [-0.1, -0.05) is 6.92 Å². The van der Waals surface area contributed by atoms with E-state index in [9.17, 15) is 9.18 Å². The summed E-state index contributed by atoms with van der Waals surface area (Å²) in [7, 11) is 0. The first-order valence-electron chi connectivity index (χ1n) is 6.06. The Labute approximate surface area is 110 Å². The Morgan fingerprint density at radius 3 is 2.95 bits per heavy atom. The molecule has 0 fully saturated rings. The Morgan fingerprint density at radius 2 is 2.32 bits per heavy atom. The maximum atomic E-state index is 13.4. The van der Waals surface area contributed by atoms with Gasteiger partial charge in [0.15, 0.2) is 5.82 Å². The molecule has 0 bridgehead atoms. The van der Waals surface area contributed by atoms with E-state index in [1.165, 1.54) is 12.3 Å². The lowest BCUT2D eigenvalue weighted by Gasteiger charge is -2.17. The van der Waals surface area contributed by atoms with E-state index in [0.29, 0.717) is 6.54 Å². The van der Waals surface area contributed by atoms with E-state index in [1.807, 2.05) is 17.7 Å². The molecule has 2 heterocycles. The largest absolute Gasteiger partial charge is 0.347 e. The molecule has 0 saturated carbocycles. The van der Waals surface area contributed by atoms with Crippen LogP contribution in [0.1, 0.15) is 23.7 Å². The van der Waals surface area contributed by atoms with E-state index in [1.54, 1.807) is 12.5 Å². The highest BCUT2D eigenvalue weighted by molar-refractivity contribution is 5.94. The quantitative estimate of drug-likeness (QED) is 0.890. The maximum Gasteiger partial charge on any atom is 0.254 e. The van der Waals surface area contributed by atoms with Crippen molar-refractivity contribution in [3.8, 4) is 0 Å². The summed E-state index contributed by atoms with van der Waals surface area (Å²) in [6.45, 7) is 2.57. The number of nitrogens with zero attached hydrogens (tertiary/aromatic N) is 3. The van der Waals surface area contributed by atoms with E-state index >= 15 is 0 Å². The van der Waals surface area contributed by atoms with Crippen molar-refractivity contribution >= 4 is 5.91 Å². The summed E-state index contributed by atoms with van der Waals surface area (Å²) in [4.78, 5) is 19.5. The smallest absolute Gasteiger partial charge is 0.254 e. The van der Waals surface area contributed by atoms with Crippen molar-refractivity contribution in [3.63, 3.8) is 0 Å². The summed E-state index contributed by atoms with van der Waals surface area (Å²) < 4.78 is 15.3. The van der Waals surface area contributed by atoms with E-state index in [0.717, 1.165) is 12.6 Å². The Balaban J connectivity index is 2.02. The molecule has 0 aliphatic rings. The third kappa shape index (κ3) is 3.37. The molecule has 0 aliphatic heterocycles. The van der Waals surface area contributed by atoms with Gasteiger partial charge in [0.05, 0.1) is 18.1 Å². The molecule has 19 heavy (non-hydrogen) atoms. The minimum atomic E-state index is -0.613. The maximum absolute atomic E-state index is 13.4. The fourth-order valence-electron chi connectivity index (χ4n) is 1.75. The number of carbonyl (C=O) groups is 1. The van der Waals surface area contributed by atoms with Crippen LogP contribution in [-0.4, -0.2) is 26.5 Å². The number of aromatic nitrogens is 3. The molecule has 2 rings (SSSR count). The third-order valence-corrected chi connectivity index (χ3v) is 2.84. The predicted molar refractivity (Wildman–Crippen MR) is 68.0 cm³/mol. The van der Waals surface area contributed by atoms with E-state index in [-0.39, 0.29) is 11.6 Å². The Hall–Kier alpha value is -2.24. The molecule has 1 amide bonds. The lowest BCUT2D eigenvalue weighted by molar-refractivity contribution is 0.0927. The average molecular weight is 262 g/mol. The highest BCUT2D eigenvalue weighted by Gasteiger charge is 2.15. The van der Waals surface area contributed by atoms with Crippen molar-refractivity contribution in [1.82, 2.24) is 19.9 Å². The van der Waals surface area contributed by atoms with Crippen LogP contribution >= 0.6 is 0 Å². The molecule has 2 aromatic rings. The van der Waals surface area contributed by atoms with Gasteiger partial charge in [-0.3, -0.25) is 9.78 Å². The molecule has 6 heteroatoms. The Kier molecular flexibility index (Phi) is 4.22. The first kappa shape index (κ1) is 13.2. The zero-order chi connectivity index (χ0) is 13.7. The molecule has 1 unspecified atom stereocenters. The van der Waals surface area contributed by atoms with Crippen molar-refractivity contribution in [2.75, 3.05) is 0 Å². The minimum Gasteiger partial charge on any atom is -0.347 e. The molecule has 2 aromatic heterocycles. The predicted octanol–water partition coefficient (Wildman–Crippen LogP) is 1.63. The second-order valence-corrected chi connectivity index (χ2v) is 4.19. The van der Waals surface area contributed by atoms with Gasteiger partial charge in [0.25, 0.3) is 5.91 Å². The normalized spacial score (nSPS) is 12.1. The van der Waals surface area contributed by atoms with Crippen LogP contribution in [0.3, 0.4) is 0 Å². The molecule has 5 nitrogen and oxygen atoms in total. The lowest BCUT2D eigenvalue weighted by atomic mass is 10.2. The average Bonchev–Trinajstić information content (AvgIpc) is 2.91. The molecule has 100 valence electrons. The van der Waals surface area contributed by atoms with Gasteiger partial charge in [0, 0.05) is 31.2 Å². The van der Waals surface area contributed by atoms with Crippen LogP contribution in [0.25, 0.3) is 0 Å². The molecule has 0 aromatic carbocycles. The molecule has 0 saturated heterocycles. The highest BCUT2D eigenvalue weighted by Crippen LogP contribution is 2.06. The van der Waals surface area contributed by atoms with Crippen molar-refractivity contribution in [3.05, 3.63) is 48.6 Å². The molecular formula is C13H15FN4O.